The zero-order valence-electron chi connectivity index (χ0n) is 21.2. The Bertz CT molecular complexity index is 1310. The number of amides is 2. The number of rotatable bonds is 11. The first-order valence-corrected chi connectivity index (χ1v) is 14.6. The molecule has 0 aliphatic heterocycles. The summed E-state index contributed by atoms with van der Waals surface area (Å²) in [4.78, 5) is 28.5. The van der Waals surface area contributed by atoms with Crippen LogP contribution in [0, 0.1) is 0 Å². The van der Waals surface area contributed by atoms with E-state index in [9.17, 15) is 18.0 Å². The molecule has 0 heterocycles. The number of nitrogens with one attached hydrogen (secondary N) is 1. The molecular weight excluding hydrogens is 554 g/mol. The molecule has 0 saturated heterocycles. The maximum absolute atomic E-state index is 13.9. The predicted octanol–water partition coefficient (Wildman–Crippen LogP) is 4.16. The molecule has 1 atom stereocenters. The van der Waals surface area contributed by atoms with Gasteiger partial charge in [0.2, 0.25) is 21.8 Å². The van der Waals surface area contributed by atoms with Crippen LogP contribution >= 0.6 is 15.9 Å². The molecule has 0 radical (unpaired) electrons. The average Bonchev–Trinajstić information content (AvgIpc) is 2.89. The number of sulfonamides is 1. The molecule has 0 aromatic heterocycles. The van der Waals surface area contributed by atoms with Crippen molar-refractivity contribution in [1.29, 1.82) is 0 Å². The Balaban J connectivity index is 2.04. The molecule has 3 rings (SSSR count). The monoisotopic (exact) mass is 585 g/mol. The van der Waals surface area contributed by atoms with Gasteiger partial charge in [-0.1, -0.05) is 83.5 Å². The minimum Gasteiger partial charge on any atom is -0.357 e. The van der Waals surface area contributed by atoms with Crippen LogP contribution in [-0.2, 0) is 39.0 Å². The highest BCUT2D eigenvalue weighted by Gasteiger charge is 2.33. The first kappa shape index (κ1) is 28.4. The first-order chi connectivity index (χ1) is 17.6. The van der Waals surface area contributed by atoms with Crippen molar-refractivity contribution in [2.75, 3.05) is 24.2 Å². The van der Waals surface area contributed by atoms with Crippen molar-refractivity contribution in [2.24, 2.45) is 0 Å². The number of likely N-dealkylation sites (N-methyl/N-ethyl adjacent to an activating group) is 1. The van der Waals surface area contributed by atoms with Crippen molar-refractivity contribution in [2.45, 2.75) is 32.4 Å². The van der Waals surface area contributed by atoms with Crippen LogP contribution in [0.5, 0.6) is 0 Å². The van der Waals surface area contributed by atoms with E-state index in [2.05, 4.69) is 21.2 Å². The standard InChI is InChI=1S/C28H32BrN3O4S/c1-4-23-12-8-9-13-25(23)32(37(3,35)36)20-27(33)31(19-22-14-16-24(29)17-15-22)26(28(34)30-2)18-21-10-6-5-7-11-21/h5-17,26H,4,18-20H2,1-3H3,(H,30,34)/t26-/m0/s1. The summed E-state index contributed by atoms with van der Waals surface area (Å²) >= 11 is 3.42. The van der Waals surface area contributed by atoms with E-state index in [0.29, 0.717) is 12.1 Å². The van der Waals surface area contributed by atoms with Crippen molar-refractivity contribution in [1.82, 2.24) is 10.2 Å². The number of halogens is 1. The van der Waals surface area contributed by atoms with Crippen LogP contribution in [-0.4, -0.2) is 51.0 Å². The molecular formula is C28H32BrN3O4S. The van der Waals surface area contributed by atoms with Gasteiger partial charge in [-0.05, 0) is 41.3 Å². The Morgan fingerprint density at radius 2 is 1.54 bits per heavy atom. The molecule has 2 amide bonds. The van der Waals surface area contributed by atoms with Gasteiger partial charge in [0, 0.05) is 24.5 Å². The smallest absolute Gasteiger partial charge is 0.244 e. The number of benzene rings is 3. The van der Waals surface area contributed by atoms with Gasteiger partial charge in [-0.3, -0.25) is 13.9 Å². The van der Waals surface area contributed by atoms with E-state index in [-0.39, 0.29) is 18.9 Å². The van der Waals surface area contributed by atoms with Gasteiger partial charge in [0.05, 0.1) is 11.9 Å². The summed E-state index contributed by atoms with van der Waals surface area (Å²) < 4.78 is 27.8. The summed E-state index contributed by atoms with van der Waals surface area (Å²) in [6, 6.07) is 23.2. The van der Waals surface area contributed by atoms with Crippen LogP contribution in [0.2, 0.25) is 0 Å². The molecule has 0 fully saturated rings. The fourth-order valence-corrected chi connectivity index (χ4v) is 5.30. The summed E-state index contributed by atoms with van der Waals surface area (Å²) in [5.41, 5.74) is 2.98. The van der Waals surface area contributed by atoms with E-state index < -0.39 is 28.5 Å². The normalized spacial score (nSPS) is 12.0. The third-order valence-corrected chi connectivity index (χ3v) is 7.76. The van der Waals surface area contributed by atoms with E-state index in [4.69, 9.17) is 0 Å². The van der Waals surface area contributed by atoms with Gasteiger partial charge in [-0.2, -0.15) is 0 Å². The number of nitrogens with zero attached hydrogens (tertiary/aromatic N) is 2. The first-order valence-electron chi connectivity index (χ1n) is 12.0. The summed E-state index contributed by atoms with van der Waals surface area (Å²) in [5.74, 6) is -0.794. The Kier molecular flexibility index (Phi) is 9.88. The summed E-state index contributed by atoms with van der Waals surface area (Å²) in [6.45, 7) is 1.65. The summed E-state index contributed by atoms with van der Waals surface area (Å²) in [7, 11) is -2.26. The van der Waals surface area contributed by atoms with Crippen molar-refractivity contribution in [3.05, 3.63) is 100 Å². The number of carbonyl (C=O) groups excluding carboxylic acids is 2. The summed E-state index contributed by atoms with van der Waals surface area (Å²) in [6.07, 6.45) is 1.98. The second-order valence-corrected chi connectivity index (χ2v) is 11.5. The number of anilines is 1. The molecule has 0 unspecified atom stereocenters. The Hall–Kier alpha value is -3.17. The highest BCUT2D eigenvalue weighted by atomic mass is 79.9. The van der Waals surface area contributed by atoms with Gasteiger partial charge >= 0.3 is 0 Å². The topological polar surface area (TPSA) is 86.8 Å². The number of carbonyl (C=O) groups is 2. The molecule has 3 aromatic carbocycles. The largest absolute Gasteiger partial charge is 0.357 e. The van der Waals surface area contributed by atoms with Crippen LogP contribution in [0.1, 0.15) is 23.6 Å². The maximum atomic E-state index is 13.9. The van der Waals surface area contributed by atoms with E-state index in [1.54, 1.807) is 12.1 Å². The third-order valence-electron chi connectivity index (χ3n) is 6.10. The lowest BCUT2D eigenvalue weighted by Crippen LogP contribution is -2.53. The van der Waals surface area contributed by atoms with E-state index in [1.165, 1.54) is 11.9 Å². The summed E-state index contributed by atoms with van der Waals surface area (Å²) in [5, 5.41) is 2.68. The van der Waals surface area contributed by atoms with Crippen LogP contribution in [0.15, 0.2) is 83.3 Å². The molecule has 0 aliphatic rings. The molecule has 3 aromatic rings. The van der Waals surface area contributed by atoms with Crippen molar-refractivity contribution >= 4 is 43.5 Å². The zero-order chi connectivity index (χ0) is 27.0. The van der Waals surface area contributed by atoms with Crippen LogP contribution in [0.4, 0.5) is 5.69 Å². The van der Waals surface area contributed by atoms with Crippen LogP contribution in [0.3, 0.4) is 0 Å². The predicted molar refractivity (Wildman–Crippen MR) is 151 cm³/mol. The zero-order valence-corrected chi connectivity index (χ0v) is 23.6. The molecule has 196 valence electrons. The van der Waals surface area contributed by atoms with Gasteiger partial charge < -0.3 is 10.2 Å². The molecule has 0 bridgehead atoms. The molecule has 0 spiro atoms. The van der Waals surface area contributed by atoms with E-state index in [0.717, 1.165) is 31.7 Å². The van der Waals surface area contributed by atoms with Gasteiger partial charge in [0.25, 0.3) is 0 Å². The van der Waals surface area contributed by atoms with Crippen molar-refractivity contribution in [3.63, 3.8) is 0 Å². The Morgan fingerprint density at radius 3 is 2.14 bits per heavy atom. The SMILES string of the molecule is CCc1ccccc1N(CC(=O)N(Cc1ccc(Br)cc1)[C@@H](Cc1ccccc1)C(=O)NC)S(C)(=O)=O. The average molecular weight is 587 g/mol. The molecule has 37 heavy (non-hydrogen) atoms. The van der Waals surface area contributed by atoms with Gasteiger partial charge in [0.15, 0.2) is 0 Å². The van der Waals surface area contributed by atoms with Crippen molar-refractivity contribution < 1.29 is 18.0 Å². The molecule has 9 heteroatoms. The second kappa shape index (κ2) is 12.9. The van der Waals surface area contributed by atoms with Crippen LogP contribution < -0.4 is 9.62 Å². The lowest BCUT2D eigenvalue weighted by Gasteiger charge is -2.33. The highest BCUT2D eigenvalue weighted by molar-refractivity contribution is 9.10. The number of hydrogen-bond acceptors (Lipinski definition) is 4. The van der Waals surface area contributed by atoms with Crippen LogP contribution in [0.25, 0.3) is 0 Å². The third kappa shape index (κ3) is 7.66. The quantitative estimate of drug-likeness (QED) is 0.366. The minimum atomic E-state index is -3.79. The number of para-hydroxylation sites is 1. The molecule has 0 saturated carbocycles. The molecule has 0 aliphatic carbocycles. The van der Waals surface area contributed by atoms with E-state index >= 15 is 0 Å². The van der Waals surface area contributed by atoms with Crippen molar-refractivity contribution in [3.8, 4) is 0 Å². The Morgan fingerprint density at radius 1 is 0.919 bits per heavy atom. The maximum Gasteiger partial charge on any atom is 0.244 e. The highest BCUT2D eigenvalue weighted by Crippen LogP contribution is 2.25. The van der Waals surface area contributed by atoms with Gasteiger partial charge in [0.1, 0.15) is 12.6 Å². The lowest BCUT2D eigenvalue weighted by molar-refractivity contribution is -0.139. The van der Waals surface area contributed by atoms with E-state index in [1.807, 2.05) is 73.7 Å². The number of hydrogen-bond donors (Lipinski definition) is 1. The Labute approximate surface area is 227 Å². The van der Waals surface area contributed by atoms with Gasteiger partial charge in [-0.25, -0.2) is 8.42 Å². The van der Waals surface area contributed by atoms with Gasteiger partial charge in [-0.15, -0.1) is 0 Å². The molecule has 1 N–H and O–H groups in total. The fourth-order valence-electron chi connectivity index (χ4n) is 4.15. The number of aryl methyl sites for hydroxylation is 1. The lowest BCUT2D eigenvalue weighted by atomic mass is 10.0. The molecule has 7 nitrogen and oxygen atoms in total. The fraction of sp³-hybridized carbons (Fsp3) is 0.286. The second-order valence-electron chi connectivity index (χ2n) is 8.72. The minimum absolute atomic E-state index is 0.143.